The van der Waals surface area contributed by atoms with E-state index >= 15 is 0 Å². The molecule has 1 atom stereocenters. The smallest absolute Gasteiger partial charge is 0.246 e. The molecule has 0 bridgehead atoms. The van der Waals surface area contributed by atoms with E-state index in [1.807, 2.05) is 27.9 Å². The molecule has 0 saturated carbocycles. The van der Waals surface area contributed by atoms with Crippen molar-refractivity contribution in [3.63, 3.8) is 0 Å². The maximum Gasteiger partial charge on any atom is 0.246 e. The van der Waals surface area contributed by atoms with E-state index in [9.17, 15) is 4.79 Å². The number of benzene rings is 1. The first-order valence-corrected chi connectivity index (χ1v) is 8.15. The molecule has 2 aromatic rings. The molecule has 0 N–H and O–H groups in total. The monoisotopic (exact) mass is 346 g/mol. The van der Waals surface area contributed by atoms with Gasteiger partial charge >= 0.3 is 0 Å². The summed E-state index contributed by atoms with van der Waals surface area (Å²) >= 11 is 5.85. The molecule has 7 heteroatoms. The number of halogens is 1. The predicted molar refractivity (Wildman–Crippen MR) is 91.5 cm³/mol. The molecule has 126 valence electrons. The molecule has 2 heterocycles. The van der Waals surface area contributed by atoms with E-state index in [0.29, 0.717) is 24.7 Å². The number of carbonyl (C=O) groups is 1. The lowest BCUT2D eigenvalue weighted by Crippen LogP contribution is -2.27. The van der Waals surface area contributed by atoms with Crippen LogP contribution in [0.3, 0.4) is 0 Å². The van der Waals surface area contributed by atoms with Crippen LogP contribution in [0.15, 0.2) is 36.5 Å². The van der Waals surface area contributed by atoms with Gasteiger partial charge in [-0.1, -0.05) is 28.9 Å². The third-order valence-electron chi connectivity index (χ3n) is 3.99. The summed E-state index contributed by atoms with van der Waals surface area (Å²) in [5.74, 6) is 0.00433. The summed E-state index contributed by atoms with van der Waals surface area (Å²) in [4.78, 5) is 14.1. The van der Waals surface area contributed by atoms with Gasteiger partial charge in [-0.2, -0.15) is 0 Å². The van der Waals surface area contributed by atoms with Crippen LogP contribution in [-0.2, 0) is 16.1 Å². The van der Waals surface area contributed by atoms with Crippen molar-refractivity contribution in [3.05, 3.63) is 52.8 Å². The van der Waals surface area contributed by atoms with E-state index in [4.69, 9.17) is 16.3 Å². The minimum Gasteiger partial charge on any atom is -0.378 e. The second kappa shape index (κ2) is 7.59. The highest BCUT2D eigenvalue weighted by Crippen LogP contribution is 2.21. The lowest BCUT2D eigenvalue weighted by molar-refractivity contribution is -0.125. The van der Waals surface area contributed by atoms with E-state index < -0.39 is 0 Å². The molecule has 3 rings (SSSR count). The Morgan fingerprint density at radius 1 is 1.42 bits per heavy atom. The van der Waals surface area contributed by atoms with Crippen molar-refractivity contribution in [2.75, 3.05) is 20.2 Å². The number of likely N-dealkylation sites (tertiary alicyclic amines) is 1. The first kappa shape index (κ1) is 16.7. The summed E-state index contributed by atoms with van der Waals surface area (Å²) in [6.07, 6.45) is 6.16. The topological polar surface area (TPSA) is 60.2 Å². The molecule has 1 fully saturated rings. The predicted octanol–water partition coefficient (Wildman–Crippen LogP) is 2.56. The fourth-order valence-corrected chi connectivity index (χ4v) is 2.84. The van der Waals surface area contributed by atoms with Crippen LogP contribution < -0.4 is 0 Å². The molecule has 0 spiro atoms. The van der Waals surface area contributed by atoms with Gasteiger partial charge in [0.2, 0.25) is 5.91 Å². The summed E-state index contributed by atoms with van der Waals surface area (Å²) in [7, 11) is 1.63. The highest BCUT2D eigenvalue weighted by Gasteiger charge is 2.27. The largest absolute Gasteiger partial charge is 0.378 e. The van der Waals surface area contributed by atoms with Crippen LogP contribution in [0.4, 0.5) is 0 Å². The maximum absolute atomic E-state index is 12.3. The highest BCUT2D eigenvalue weighted by atomic mass is 35.5. The van der Waals surface area contributed by atoms with Crippen molar-refractivity contribution >= 4 is 23.6 Å². The molecule has 1 saturated heterocycles. The lowest BCUT2D eigenvalue weighted by Gasteiger charge is -2.14. The van der Waals surface area contributed by atoms with Crippen molar-refractivity contribution in [3.8, 4) is 0 Å². The van der Waals surface area contributed by atoms with Crippen molar-refractivity contribution in [2.45, 2.75) is 19.1 Å². The number of carbonyl (C=O) groups excluding carboxylic acids is 1. The Labute approximate surface area is 145 Å². The van der Waals surface area contributed by atoms with Gasteiger partial charge in [0.05, 0.1) is 18.8 Å². The van der Waals surface area contributed by atoms with E-state index in [2.05, 4.69) is 10.3 Å². The van der Waals surface area contributed by atoms with Gasteiger partial charge in [-0.05, 0) is 30.2 Å². The third kappa shape index (κ3) is 4.01. The number of amides is 1. The molecule has 1 amide bonds. The number of ether oxygens (including phenoxy) is 1. The van der Waals surface area contributed by atoms with Gasteiger partial charge in [0.25, 0.3) is 0 Å². The summed E-state index contributed by atoms with van der Waals surface area (Å²) in [6, 6.07) is 7.54. The van der Waals surface area contributed by atoms with Crippen LogP contribution in [0.5, 0.6) is 0 Å². The van der Waals surface area contributed by atoms with E-state index in [1.54, 1.807) is 31.4 Å². The first-order valence-electron chi connectivity index (χ1n) is 7.78. The lowest BCUT2D eigenvalue weighted by atomic mass is 10.2. The third-order valence-corrected chi connectivity index (χ3v) is 4.24. The number of nitrogens with zero attached hydrogens (tertiary/aromatic N) is 4. The zero-order valence-corrected chi connectivity index (χ0v) is 14.2. The Bertz CT molecular complexity index is 726. The Balaban J connectivity index is 1.58. The molecular formula is C17H19ClN4O2. The zero-order chi connectivity index (χ0) is 16.9. The second-order valence-corrected chi connectivity index (χ2v) is 6.17. The fraction of sp³-hybridized carbons (Fsp3) is 0.353. The average molecular weight is 347 g/mol. The molecule has 1 aliphatic rings. The molecule has 1 aliphatic heterocycles. The van der Waals surface area contributed by atoms with Crippen LogP contribution in [0.2, 0.25) is 5.02 Å². The van der Waals surface area contributed by atoms with Gasteiger partial charge in [-0.3, -0.25) is 4.79 Å². The molecule has 1 aromatic carbocycles. The summed E-state index contributed by atoms with van der Waals surface area (Å²) < 4.78 is 6.87. The van der Waals surface area contributed by atoms with E-state index in [-0.39, 0.29) is 11.9 Å². The Kier molecular flexibility index (Phi) is 5.27. The standard InChI is InChI=1S/C17H19ClN4O2/c1-24-12-15-10-22(20-19-15)16-8-9-21(11-16)17(23)7-4-13-2-5-14(18)6-3-13/h2-7,10,16H,8-9,11-12H2,1H3/b7-4+/t16-/m0/s1. The summed E-state index contributed by atoms with van der Waals surface area (Å²) in [6.45, 7) is 1.80. The average Bonchev–Trinajstić information content (AvgIpc) is 3.23. The van der Waals surface area contributed by atoms with Gasteiger partial charge in [-0.15, -0.1) is 5.10 Å². The van der Waals surface area contributed by atoms with Gasteiger partial charge in [-0.25, -0.2) is 4.68 Å². The maximum atomic E-state index is 12.3. The molecular weight excluding hydrogens is 328 g/mol. The Morgan fingerprint density at radius 3 is 2.96 bits per heavy atom. The first-order chi connectivity index (χ1) is 11.7. The zero-order valence-electron chi connectivity index (χ0n) is 13.4. The Hall–Kier alpha value is -2.18. The number of hydrogen-bond donors (Lipinski definition) is 0. The number of methoxy groups -OCH3 is 1. The van der Waals surface area contributed by atoms with Gasteiger partial charge < -0.3 is 9.64 Å². The van der Waals surface area contributed by atoms with Crippen LogP contribution >= 0.6 is 11.6 Å². The fourth-order valence-electron chi connectivity index (χ4n) is 2.71. The van der Waals surface area contributed by atoms with E-state index in [0.717, 1.165) is 17.7 Å². The Morgan fingerprint density at radius 2 is 2.21 bits per heavy atom. The summed E-state index contributed by atoms with van der Waals surface area (Å²) in [5, 5.41) is 8.88. The number of aromatic nitrogens is 3. The second-order valence-electron chi connectivity index (χ2n) is 5.73. The van der Waals surface area contributed by atoms with Crippen molar-refractivity contribution < 1.29 is 9.53 Å². The van der Waals surface area contributed by atoms with Crippen molar-refractivity contribution in [2.24, 2.45) is 0 Å². The van der Waals surface area contributed by atoms with Crippen molar-refractivity contribution in [1.29, 1.82) is 0 Å². The molecule has 1 aromatic heterocycles. The molecule has 0 aliphatic carbocycles. The molecule has 0 unspecified atom stereocenters. The van der Waals surface area contributed by atoms with E-state index in [1.165, 1.54) is 0 Å². The molecule has 6 nitrogen and oxygen atoms in total. The van der Waals surface area contributed by atoms with Crippen LogP contribution in [0.1, 0.15) is 23.7 Å². The van der Waals surface area contributed by atoms with Gasteiger partial charge in [0.15, 0.2) is 0 Å². The quantitative estimate of drug-likeness (QED) is 0.781. The van der Waals surface area contributed by atoms with Crippen molar-refractivity contribution in [1.82, 2.24) is 19.9 Å². The minimum atomic E-state index is 0.00433. The number of hydrogen-bond acceptors (Lipinski definition) is 4. The molecule has 24 heavy (non-hydrogen) atoms. The minimum absolute atomic E-state index is 0.00433. The van der Waals surface area contributed by atoms with Gasteiger partial charge in [0, 0.05) is 31.3 Å². The van der Waals surface area contributed by atoms with Crippen LogP contribution in [-0.4, -0.2) is 46.0 Å². The normalized spacial score (nSPS) is 17.8. The number of rotatable bonds is 5. The van der Waals surface area contributed by atoms with Gasteiger partial charge in [0.1, 0.15) is 5.69 Å². The summed E-state index contributed by atoms with van der Waals surface area (Å²) in [5.41, 5.74) is 1.74. The van der Waals surface area contributed by atoms with Crippen LogP contribution in [0, 0.1) is 0 Å². The molecule has 0 radical (unpaired) electrons. The van der Waals surface area contributed by atoms with Crippen LogP contribution in [0.25, 0.3) is 6.08 Å². The highest BCUT2D eigenvalue weighted by molar-refractivity contribution is 6.30. The SMILES string of the molecule is COCc1cn([C@H]2CCN(C(=O)/C=C/c3ccc(Cl)cc3)C2)nn1.